The standard InChI is InChI=1S/C16H21N5O2S/c1-2-13-11-18-16(19-12-13)21-9-7-20(8-10-21)14-3-5-15(6-4-14)24(17,22)23/h3-6,11-12H,2,7-10H2,1H3,(H2,17,22,23). The molecule has 0 unspecified atom stereocenters. The Balaban J connectivity index is 1.64. The van der Waals surface area contributed by atoms with E-state index in [1.807, 2.05) is 12.4 Å². The SMILES string of the molecule is CCc1cnc(N2CCN(c3ccc(S(N)(=O)=O)cc3)CC2)nc1. The Labute approximate surface area is 142 Å². The molecule has 3 rings (SSSR count). The minimum absolute atomic E-state index is 0.134. The maximum Gasteiger partial charge on any atom is 0.238 e. The van der Waals surface area contributed by atoms with Gasteiger partial charge in [0.1, 0.15) is 0 Å². The molecule has 128 valence electrons. The highest BCUT2D eigenvalue weighted by atomic mass is 32.2. The van der Waals surface area contributed by atoms with E-state index in [-0.39, 0.29) is 4.90 Å². The summed E-state index contributed by atoms with van der Waals surface area (Å²) in [5, 5.41) is 5.13. The van der Waals surface area contributed by atoms with E-state index < -0.39 is 10.0 Å². The van der Waals surface area contributed by atoms with Gasteiger partial charge in [0.2, 0.25) is 16.0 Å². The van der Waals surface area contributed by atoms with Gasteiger partial charge in [-0.3, -0.25) is 0 Å². The fourth-order valence-corrected chi connectivity index (χ4v) is 3.22. The summed E-state index contributed by atoms with van der Waals surface area (Å²) in [6.07, 6.45) is 4.68. The number of piperazine rings is 1. The zero-order valence-electron chi connectivity index (χ0n) is 13.6. The van der Waals surface area contributed by atoms with Crippen molar-refractivity contribution < 1.29 is 8.42 Å². The smallest absolute Gasteiger partial charge is 0.238 e. The second-order valence-corrected chi connectivity index (χ2v) is 7.32. The van der Waals surface area contributed by atoms with Crippen LogP contribution in [0, 0.1) is 0 Å². The van der Waals surface area contributed by atoms with Crippen LogP contribution < -0.4 is 14.9 Å². The van der Waals surface area contributed by atoms with Crippen LogP contribution in [-0.4, -0.2) is 44.6 Å². The van der Waals surface area contributed by atoms with Crippen LogP contribution in [0.15, 0.2) is 41.6 Å². The van der Waals surface area contributed by atoms with Gasteiger partial charge < -0.3 is 9.80 Å². The van der Waals surface area contributed by atoms with Crippen LogP contribution in [0.3, 0.4) is 0 Å². The highest BCUT2D eigenvalue weighted by Crippen LogP contribution is 2.20. The van der Waals surface area contributed by atoms with E-state index in [9.17, 15) is 8.42 Å². The van der Waals surface area contributed by atoms with E-state index in [0.29, 0.717) is 0 Å². The molecule has 1 aromatic heterocycles. The minimum Gasteiger partial charge on any atom is -0.368 e. The van der Waals surface area contributed by atoms with E-state index in [1.165, 1.54) is 0 Å². The predicted octanol–water partition coefficient (Wildman–Crippen LogP) is 1.01. The molecule has 0 amide bonds. The lowest BCUT2D eigenvalue weighted by molar-refractivity contribution is 0.597. The van der Waals surface area contributed by atoms with Gasteiger partial charge in [0.25, 0.3) is 0 Å². The maximum atomic E-state index is 11.3. The van der Waals surface area contributed by atoms with E-state index in [2.05, 4.69) is 26.7 Å². The molecule has 2 heterocycles. The molecule has 2 aromatic rings. The summed E-state index contributed by atoms with van der Waals surface area (Å²) in [5.41, 5.74) is 2.12. The van der Waals surface area contributed by atoms with Gasteiger partial charge in [-0.15, -0.1) is 0 Å². The number of benzene rings is 1. The Morgan fingerprint density at radius 3 is 2.04 bits per heavy atom. The molecule has 0 saturated carbocycles. The molecule has 1 aliphatic heterocycles. The molecule has 0 spiro atoms. The summed E-state index contributed by atoms with van der Waals surface area (Å²) >= 11 is 0. The first-order chi connectivity index (χ1) is 11.5. The van der Waals surface area contributed by atoms with Crippen molar-refractivity contribution in [3.8, 4) is 0 Å². The molecule has 7 nitrogen and oxygen atoms in total. The molecule has 2 N–H and O–H groups in total. The largest absolute Gasteiger partial charge is 0.368 e. The molecule has 1 fully saturated rings. The van der Waals surface area contributed by atoms with Crippen LogP contribution in [0.4, 0.5) is 11.6 Å². The van der Waals surface area contributed by atoms with Gasteiger partial charge in [-0.05, 0) is 36.2 Å². The monoisotopic (exact) mass is 347 g/mol. The number of anilines is 2. The van der Waals surface area contributed by atoms with Crippen LogP contribution in [0.2, 0.25) is 0 Å². The number of primary sulfonamides is 1. The molecule has 1 aromatic carbocycles. The topological polar surface area (TPSA) is 92.4 Å². The fourth-order valence-electron chi connectivity index (χ4n) is 2.71. The maximum absolute atomic E-state index is 11.3. The molecular formula is C16H21N5O2S. The predicted molar refractivity (Wildman–Crippen MR) is 93.7 cm³/mol. The molecule has 8 heteroatoms. The number of aryl methyl sites for hydroxylation is 1. The van der Waals surface area contributed by atoms with Crippen molar-refractivity contribution in [2.75, 3.05) is 36.0 Å². The Hall–Kier alpha value is -2.19. The lowest BCUT2D eigenvalue weighted by atomic mass is 10.2. The quantitative estimate of drug-likeness (QED) is 0.887. The van der Waals surface area contributed by atoms with Crippen LogP contribution in [0.1, 0.15) is 12.5 Å². The van der Waals surface area contributed by atoms with Crippen LogP contribution in [0.5, 0.6) is 0 Å². The lowest BCUT2D eigenvalue weighted by Gasteiger charge is -2.36. The van der Waals surface area contributed by atoms with Crippen molar-refractivity contribution in [2.45, 2.75) is 18.2 Å². The summed E-state index contributed by atoms with van der Waals surface area (Å²) in [6, 6.07) is 6.68. The Kier molecular flexibility index (Phi) is 4.68. The van der Waals surface area contributed by atoms with Gasteiger partial charge in [0.05, 0.1) is 4.90 Å². The second kappa shape index (κ2) is 6.74. The molecule has 1 aliphatic rings. The Morgan fingerprint density at radius 1 is 1.00 bits per heavy atom. The minimum atomic E-state index is -3.64. The van der Waals surface area contributed by atoms with E-state index in [0.717, 1.165) is 49.8 Å². The Bertz CT molecular complexity index is 782. The number of rotatable bonds is 4. The van der Waals surface area contributed by atoms with Crippen LogP contribution >= 0.6 is 0 Å². The molecule has 0 radical (unpaired) electrons. The average molecular weight is 347 g/mol. The normalized spacial score (nSPS) is 15.6. The van der Waals surface area contributed by atoms with E-state index >= 15 is 0 Å². The summed E-state index contributed by atoms with van der Waals surface area (Å²) < 4.78 is 22.6. The fraction of sp³-hybridized carbons (Fsp3) is 0.375. The van der Waals surface area contributed by atoms with Crippen molar-refractivity contribution >= 4 is 21.7 Å². The van der Waals surface area contributed by atoms with Gasteiger partial charge in [-0.2, -0.15) is 0 Å². The first-order valence-electron chi connectivity index (χ1n) is 7.91. The number of hydrogen-bond acceptors (Lipinski definition) is 6. The third-order valence-corrected chi connectivity index (χ3v) is 5.12. The summed E-state index contributed by atoms with van der Waals surface area (Å²) in [6.45, 7) is 5.38. The second-order valence-electron chi connectivity index (χ2n) is 5.76. The lowest BCUT2D eigenvalue weighted by Crippen LogP contribution is -2.47. The number of aromatic nitrogens is 2. The first kappa shape index (κ1) is 16.7. The summed E-state index contributed by atoms with van der Waals surface area (Å²) in [5.74, 6) is 0.761. The van der Waals surface area contributed by atoms with Gasteiger partial charge in [0.15, 0.2) is 0 Å². The first-order valence-corrected chi connectivity index (χ1v) is 9.45. The average Bonchev–Trinajstić information content (AvgIpc) is 2.61. The van der Waals surface area contributed by atoms with Crippen molar-refractivity contribution in [3.63, 3.8) is 0 Å². The van der Waals surface area contributed by atoms with Crippen molar-refractivity contribution in [2.24, 2.45) is 5.14 Å². The summed E-state index contributed by atoms with van der Waals surface area (Å²) in [4.78, 5) is 13.4. The van der Waals surface area contributed by atoms with Crippen molar-refractivity contribution in [1.82, 2.24) is 9.97 Å². The van der Waals surface area contributed by atoms with Gasteiger partial charge >= 0.3 is 0 Å². The van der Waals surface area contributed by atoms with Crippen LogP contribution in [-0.2, 0) is 16.4 Å². The molecule has 0 aliphatic carbocycles. The number of sulfonamides is 1. The number of nitrogens with zero attached hydrogens (tertiary/aromatic N) is 4. The van der Waals surface area contributed by atoms with Crippen molar-refractivity contribution in [1.29, 1.82) is 0 Å². The van der Waals surface area contributed by atoms with Crippen molar-refractivity contribution in [3.05, 3.63) is 42.2 Å². The molecule has 0 atom stereocenters. The van der Waals surface area contributed by atoms with Gasteiger partial charge in [0, 0.05) is 44.3 Å². The van der Waals surface area contributed by atoms with E-state index in [4.69, 9.17) is 5.14 Å². The highest BCUT2D eigenvalue weighted by molar-refractivity contribution is 7.89. The molecule has 1 saturated heterocycles. The van der Waals surface area contributed by atoms with E-state index in [1.54, 1.807) is 24.3 Å². The van der Waals surface area contributed by atoms with Crippen LogP contribution in [0.25, 0.3) is 0 Å². The third-order valence-electron chi connectivity index (χ3n) is 4.19. The number of nitrogens with two attached hydrogens (primary N) is 1. The Morgan fingerprint density at radius 2 is 1.54 bits per heavy atom. The third kappa shape index (κ3) is 3.65. The molecule has 24 heavy (non-hydrogen) atoms. The molecular weight excluding hydrogens is 326 g/mol. The summed E-state index contributed by atoms with van der Waals surface area (Å²) in [7, 11) is -3.64. The number of hydrogen-bond donors (Lipinski definition) is 1. The zero-order valence-corrected chi connectivity index (χ0v) is 14.4. The zero-order chi connectivity index (χ0) is 17.2. The van der Waals surface area contributed by atoms with Gasteiger partial charge in [-0.25, -0.2) is 23.5 Å². The van der Waals surface area contributed by atoms with Gasteiger partial charge in [-0.1, -0.05) is 6.92 Å². The highest BCUT2D eigenvalue weighted by Gasteiger charge is 2.19. The molecule has 0 bridgehead atoms.